The molecule has 2 saturated heterocycles. The van der Waals surface area contributed by atoms with Gasteiger partial charge in [-0.2, -0.15) is 0 Å². The van der Waals surface area contributed by atoms with Crippen LogP contribution in [0.2, 0.25) is 5.02 Å². The Morgan fingerprint density at radius 1 is 0.902 bits per heavy atom. The van der Waals surface area contributed by atoms with E-state index in [1.54, 1.807) is 41.3 Å². The zero-order valence-electron chi connectivity index (χ0n) is 23.0. The maximum Gasteiger partial charge on any atom is 0.241 e. The number of nitrogens with zero attached hydrogens (tertiary/aromatic N) is 2. The van der Waals surface area contributed by atoms with E-state index in [2.05, 4.69) is 0 Å². The van der Waals surface area contributed by atoms with Gasteiger partial charge in [0, 0.05) is 17.0 Å². The molecule has 0 bridgehead atoms. The predicted molar refractivity (Wildman–Crippen MR) is 153 cm³/mol. The Bertz CT molecular complexity index is 1500. The van der Waals surface area contributed by atoms with E-state index >= 15 is 0 Å². The zero-order chi connectivity index (χ0) is 28.6. The summed E-state index contributed by atoms with van der Waals surface area (Å²) in [4.78, 5) is 59.2. The lowest BCUT2D eigenvalue weighted by molar-refractivity contribution is -0.144. The van der Waals surface area contributed by atoms with Crippen molar-refractivity contribution in [2.24, 2.45) is 29.1 Å². The van der Waals surface area contributed by atoms with Crippen LogP contribution < -0.4 is 4.90 Å². The Kier molecular flexibility index (Phi) is 6.16. The number of carbonyl (C=O) groups is 4. The van der Waals surface area contributed by atoms with Gasteiger partial charge in [0.2, 0.25) is 23.6 Å². The van der Waals surface area contributed by atoms with Crippen molar-refractivity contribution in [3.63, 3.8) is 0 Å². The number of phenols is 1. The number of likely N-dealkylation sites (tertiary alicyclic amines) is 1. The molecule has 0 radical (unpaired) electrons. The number of benzene rings is 2. The summed E-state index contributed by atoms with van der Waals surface area (Å²) in [5.74, 6) is -3.44. The van der Waals surface area contributed by atoms with Crippen molar-refractivity contribution in [1.29, 1.82) is 0 Å². The van der Waals surface area contributed by atoms with E-state index in [-0.39, 0.29) is 41.3 Å². The van der Waals surface area contributed by atoms with Crippen LogP contribution in [0.4, 0.5) is 5.69 Å². The molecule has 2 heterocycles. The molecule has 0 aromatic heterocycles. The number of allylic oxidation sites excluding steroid dienone is 2. The van der Waals surface area contributed by atoms with Crippen LogP contribution in [-0.2, 0) is 19.2 Å². The molecule has 7 nitrogen and oxygen atoms in total. The lowest BCUT2D eigenvalue weighted by Gasteiger charge is -2.49. The Hall–Kier alpha value is -3.45. The highest BCUT2D eigenvalue weighted by atomic mass is 35.5. The average Bonchev–Trinajstić information content (AvgIpc) is 3.34. The number of carbonyl (C=O) groups excluding carboxylic acids is 4. The molecule has 4 amide bonds. The Labute approximate surface area is 244 Å². The fourth-order valence-electron chi connectivity index (χ4n) is 8.66. The van der Waals surface area contributed by atoms with Gasteiger partial charge in [0.1, 0.15) is 5.75 Å². The molecular weight excluding hydrogens is 540 g/mol. The molecule has 4 fully saturated rings. The largest absolute Gasteiger partial charge is 0.508 e. The van der Waals surface area contributed by atoms with Crippen LogP contribution >= 0.6 is 11.6 Å². The molecule has 0 spiro atoms. The fraction of sp³-hybridized carbons (Fsp3) is 0.455. The Morgan fingerprint density at radius 3 is 2.34 bits per heavy atom. The van der Waals surface area contributed by atoms with Gasteiger partial charge in [-0.15, -0.1) is 0 Å². The van der Waals surface area contributed by atoms with Crippen molar-refractivity contribution in [3.8, 4) is 5.75 Å². The lowest BCUT2D eigenvalue weighted by atomic mass is 9.51. The highest BCUT2D eigenvalue weighted by molar-refractivity contribution is 6.32. The zero-order valence-corrected chi connectivity index (χ0v) is 23.7. The third-order valence-electron chi connectivity index (χ3n) is 10.6. The second kappa shape index (κ2) is 9.55. The molecule has 41 heavy (non-hydrogen) atoms. The molecule has 3 aliphatic carbocycles. The summed E-state index contributed by atoms with van der Waals surface area (Å²) in [6.45, 7) is 1.84. The average molecular weight is 573 g/mol. The summed E-state index contributed by atoms with van der Waals surface area (Å²) in [7, 11) is 0. The van der Waals surface area contributed by atoms with E-state index in [1.165, 1.54) is 11.0 Å². The number of aromatic hydroxyl groups is 1. The molecule has 2 saturated carbocycles. The standard InChI is InChI=1S/C33H33ClN2O5/c1-33-25(30(39)36(32(33)41)19-10-6-3-7-11-19)17-24-21(28(33)22-13-12-20(37)16-26(22)34)14-15-23-27(24)31(40)35(29(23)38)18-8-4-2-5-9-18/h3,6-7,10-14,16,18,23-25,27-28,37H,2,4-5,8-9,15,17H2,1H3/t23-,24+,25-,27-,28+,33+/m0/s1. The highest BCUT2D eigenvalue weighted by Crippen LogP contribution is 2.64. The number of fused-ring (bicyclic) bond motifs is 4. The number of amides is 4. The van der Waals surface area contributed by atoms with Crippen LogP contribution in [-0.4, -0.2) is 39.7 Å². The Balaban J connectivity index is 1.36. The second-order valence-electron chi connectivity index (χ2n) is 12.5. The van der Waals surface area contributed by atoms with Crippen molar-refractivity contribution >= 4 is 40.9 Å². The van der Waals surface area contributed by atoms with Gasteiger partial charge in [-0.25, -0.2) is 4.90 Å². The molecule has 212 valence electrons. The highest BCUT2D eigenvalue weighted by Gasteiger charge is 2.68. The van der Waals surface area contributed by atoms with Crippen LogP contribution in [0.1, 0.15) is 63.4 Å². The van der Waals surface area contributed by atoms with Crippen LogP contribution in [0, 0.1) is 29.1 Å². The number of hydrogen-bond donors (Lipinski definition) is 1. The van der Waals surface area contributed by atoms with Gasteiger partial charge in [-0.1, -0.05) is 66.8 Å². The first kappa shape index (κ1) is 26.4. The van der Waals surface area contributed by atoms with Gasteiger partial charge in [-0.05, 0) is 68.4 Å². The summed E-state index contributed by atoms with van der Waals surface area (Å²) in [6, 6.07) is 13.6. The molecule has 2 aliphatic heterocycles. The van der Waals surface area contributed by atoms with Crippen LogP contribution in [0.5, 0.6) is 5.75 Å². The van der Waals surface area contributed by atoms with Gasteiger partial charge < -0.3 is 5.11 Å². The summed E-state index contributed by atoms with van der Waals surface area (Å²) < 4.78 is 0. The van der Waals surface area contributed by atoms with Gasteiger partial charge in [0.15, 0.2) is 0 Å². The topological polar surface area (TPSA) is 95.0 Å². The first-order valence-corrected chi connectivity index (χ1v) is 15.1. The van der Waals surface area contributed by atoms with E-state index in [1.807, 2.05) is 19.1 Å². The molecule has 2 aromatic carbocycles. The molecule has 8 heteroatoms. The number of imide groups is 2. The number of anilines is 1. The molecule has 7 rings (SSSR count). The smallest absolute Gasteiger partial charge is 0.241 e. The predicted octanol–water partition coefficient (Wildman–Crippen LogP) is 5.61. The monoisotopic (exact) mass is 572 g/mol. The molecular formula is C33H33ClN2O5. The number of hydrogen-bond acceptors (Lipinski definition) is 5. The SMILES string of the molecule is C[C@@]12C(=O)N(c3ccccc3)C(=O)[C@@H]1C[C@@H]1C(=CC[C@@H]3C(=O)N(C4CCCCC4)C(=O)[C@@H]31)[C@@H]2c1ccc(O)cc1Cl. The maximum atomic E-state index is 14.4. The van der Waals surface area contributed by atoms with E-state index in [9.17, 15) is 24.3 Å². The van der Waals surface area contributed by atoms with E-state index < -0.39 is 29.1 Å². The van der Waals surface area contributed by atoms with Crippen molar-refractivity contribution < 1.29 is 24.3 Å². The maximum absolute atomic E-state index is 14.4. The molecule has 2 aromatic rings. The van der Waals surface area contributed by atoms with E-state index in [0.29, 0.717) is 29.1 Å². The van der Waals surface area contributed by atoms with E-state index in [0.717, 1.165) is 37.7 Å². The number of halogens is 1. The minimum atomic E-state index is -1.16. The fourth-order valence-corrected chi connectivity index (χ4v) is 8.94. The first-order valence-electron chi connectivity index (χ1n) is 14.7. The van der Waals surface area contributed by atoms with Gasteiger partial charge in [-0.3, -0.25) is 24.1 Å². The van der Waals surface area contributed by atoms with E-state index in [4.69, 9.17) is 11.6 Å². The molecule has 1 N–H and O–H groups in total. The molecule has 5 aliphatic rings. The number of para-hydroxylation sites is 1. The normalized spacial score (nSPS) is 33.5. The van der Waals surface area contributed by atoms with Crippen molar-refractivity contribution in [2.45, 2.75) is 63.8 Å². The second-order valence-corrected chi connectivity index (χ2v) is 12.9. The van der Waals surface area contributed by atoms with Gasteiger partial charge >= 0.3 is 0 Å². The van der Waals surface area contributed by atoms with Crippen LogP contribution in [0.3, 0.4) is 0 Å². The molecule has 6 atom stereocenters. The number of phenolic OH excluding ortho intramolecular Hbond substituents is 1. The third-order valence-corrected chi connectivity index (χ3v) is 10.9. The van der Waals surface area contributed by atoms with Crippen molar-refractivity contribution in [1.82, 2.24) is 4.90 Å². The van der Waals surface area contributed by atoms with Crippen molar-refractivity contribution in [3.05, 3.63) is 70.8 Å². The lowest BCUT2D eigenvalue weighted by Crippen LogP contribution is -2.49. The van der Waals surface area contributed by atoms with Gasteiger partial charge in [0.25, 0.3) is 0 Å². The van der Waals surface area contributed by atoms with Crippen LogP contribution in [0.15, 0.2) is 60.2 Å². The minimum absolute atomic E-state index is 0.00456. The minimum Gasteiger partial charge on any atom is -0.508 e. The third kappa shape index (κ3) is 3.70. The van der Waals surface area contributed by atoms with Crippen LogP contribution in [0.25, 0.3) is 0 Å². The molecule has 0 unspecified atom stereocenters. The summed E-state index contributed by atoms with van der Waals surface area (Å²) in [6.07, 6.45) is 7.61. The first-order chi connectivity index (χ1) is 19.7. The quantitative estimate of drug-likeness (QED) is 0.381. The van der Waals surface area contributed by atoms with Crippen molar-refractivity contribution in [2.75, 3.05) is 4.90 Å². The summed E-state index contributed by atoms with van der Waals surface area (Å²) >= 11 is 6.75. The number of rotatable bonds is 3. The summed E-state index contributed by atoms with van der Waals surface area (Å²) in [5, 5.41) is 10.4. The Morgan fingerprint density at radius 2 is 1.63 bits per heavy atom. The summed E-state index contributed by atoms with van der Waals surface area (Å²) in [5.41, 5.74) is 0.903. The van der Waals surface area contributed by atoms with Gasteiger partial charge in [0.05, 0.1) is 28.9 Å².